The first-order valence-corrected chi connectivity index (χ1v) is 8.11. The Morgan fingerprint density at radius 1 is 1.33 bits per heavy atom. The fourth-order valence-corrected chi connectivity index (χ4v) is 3.16. The molecule has 116 valence electrons. The first kappa shape index (κ1) is 16.1. The van der Waals surface area contributed by atoms with Gasteiger partial charge in [-0.3, -0.25) is 9.59 Å². The molecule has 0 aromatic carbocycles. The van der Waals surface area contributed by atoms with Gasteiger partial charge >= 0.3 is 0 Å². The molecule has 5 nitrogen and oxygen atoms in total. The lowest BCUT2D eigenvalue weighted by atomic mass is 10.0. The van der Waals surface area contributed by atoms with Crippen molar-refractivity contribution in [2.75, 3.05) is 13.1 Å². The second kappa shape index (κ2) is 6.64. The molecule has 0 bridgehead atoms. The minimum Gasteiger partial charge on any atom is -0.353 e. The normalized spacial score (nSPS) is 16.3. The number of hydrogen-bond acceptors (Lipinski definition) is 2. The third kappa shape index (κ3) is 3.87. The van der Waals surface area contributed by atoms with Crippen LogP contribution in [0.1, 0.15) is 50.1 Å². The Labute approximate surface area is 133 Å². The van der Waals surface area contributed by atoms with Gasteiger partial charge in [-0.25, -0.2) is 0 Å². The number of nitrogens with zero attached hydrogens (tertiary/aromatic N) is 2. The zero-order valence-electron chi connectivity index (χ0n) is 12.7. The molecular weight excluding hydrogens is 334 g/mol. The molecule has 2 rings (SSSR count). The minimum absolute atomic E-state index is 0.00242. The van der Waals surface area contributed by atoms with Gasteiger partial charge in [-0.05, 0) is 48.7 Å². The molecule has 21 heavy (non-hydrogen) atoms. The van der Waals surface area contributed by atoms with E-state index >= 15 is 0 Å². The molecule has 0 atom stereocenters. The van der Waals surface area contributed by atoms with Gasteiger partial charge in [-0.1, -0.05) is 0 Å². The van der Waals surface area contributed by atoms with Crippen LogP contribution in [0.5, 0.6) is 0 Å². The summed E-state index contributed by atoms with van der Waals surface area (Å²) in [6.45, 7) is 7.03. The number of carbonyl (C=O) groups is 2. The van der Waals surface area contributed by atoms with Crippen molar-refractivity contribution in [3.05, 3.63) is 22.4 Å². The second-order valence-electron chi connectivity index (χ2n) is 5.81. The first-order chi connectivity index (χ1) is 9.88. The van der Waals surface area contributed by atoms with Crippen molar-refractivity contribution in [2.45, 2.75) is 45.7 Å². The van der Waals surface area contributed by atoms with Crippen LogP contribution in [-0.4, -0.2) is 40.4 Å². The van der Waals surface area contributed by atoms with Crippen LogP contribution in [0.2, 0.25) is 0 Å². The highest BCUT2D eigenvalue weighted by molar-refractivity contribution is 9.10. The molecule has 2 heterocycles. The monoisotopic (exact) mass is 355 g/mol. The molecule has 6 heteroatoms. The summed E-state index contributed by atoms with van der Waals surface area (Å²) in [6, 6.07) is 2.31. The number of nitrogens with one attached hydrogen (secondary N) is 1. The van der Waals surface area contributed by atoms with E-state index in [1.165, 1.54) is 6.92 Å². The molecule has 0 radical (unpaired) electrons. The lowest BCUT2D eigenvalue weighted by molar-refractivity contribution is -0.119. The Bertz CT molecular complexity index is 531. The minimum atomic E-state index is -0.00242. The molecule has 0 spiro atoms. The Balaban J connectivity index is 2.04. The smallest absolute Gasteiger partial charge is 0.270 e. The number of hydrogen-bond donors (Lipinski definition) is 1. The van der Waals surface area contributed by atoms with Crippen LogP contribution in [0.4, 0.5) is 0 Å². The number of carbonyl (C=O) groups excluding carboxylic acids is 2. The fourth-order valence-electron chi connectivity index (χ4n) is 2.72. The Hall–Kier alpha value is -1.30. The van der Waals surface area contributed by atoms with Gasteiger partial charge in [-0.2, -0.15) is 0 Å². The SMILES string of the molecule is CC(=O)NC1CCN(C(=O)c2cc(Br)cn2C(C)C)CC1. The largest absolute Gasteiger partial charge is 0.353 e. The summed E-state index contributed by atoms with van der Waals surface area (Å²) in [4.78, 5) is 25.6. The van der Waals surface area contributed by atoms with Crippen LogP contribution >= 0.6 is 15.9 Å². The van der Waals surface area contributed by atoms with Crippen LogP contribution < -0.4 is 5.32 Å². The van der Waals surface area contributed by atoms with E-state index in [2.05, 4.69) is 35.1 Å². The number of amides is 2. The maximum Gasteiger partial charge on any atom is 0.270 e. The molecule has 2 amide bonds. The van der Waals surface area contributed by atoms with Crippen LogP contribution in [0.3, 0.4) is 0 Å². The standard InChI is InChI=1S/C15H22BrN3O2/c1-10(2)19-9-12(16)8-14(19)15(21)18-6-4-13(5-7-18)17-11(3)20/h8-10,13H,4-7H2,1-3H3,(H,17,20). The molecule has 1 aliphatic heterocycles. The summed E-state index contributed by atoms with van der Waals surface area (Å²) in [5, 5.41) is 2.93. The molecule has 1 N–H and O–H groups in total. The summed E-state index contributed by atoms with van der Waals surface area (Å²) >= 11 is 3.44. The molecule has 1 aromatic rings. The molecule has 1 fully saturated rings. The number of halogens is 1. The zero-order chi connectivity index (χ0) is 15.6. The molecule has 1 saturated heterocycles. The lowest BCUT2D eigenvalue weighted by Gasteiger charge is -2.32. The Kier molecular flexibility index (Phi) is 5.08. The van der Waals surface area contributed by atoms with Crippen molar-refractivity contribution in [1.82, 2.24) is 14.8 Å². The maximum absolute atomic E-state index is 12.7. The summed E-state index contributed by atoms with van der Waals surface area (Å²) in [6.07, 6.45) is 3.58. The molecule has 1 aromatic heterocycles. The third-order valence-corrected chi connectivity index (χ3v) is 4.21. The summed E-state index contributed by atoms with van der Waals surface area (Å²) in [7, 11) is 0. The van der Waals surface area contributed by atoms with Crippen LogP contribution in [-0.2, 0) is 4.79 Å². The van der Waals surface area contributed by atoms with E-state index < -0.39 is 0 Å². The number of aromatic nitrogens is 1. The predicted octanol–water partition coefficient (Wildman–Crippen LogP) is 2.57. The fraction of sp³-hybridized carbons (Fsp3) is 0.600. The average molecular weight is 356 g/mol. The van der Waals surface area contributed by atoms with Gasteiger partial charge in [-0.15, -0.1) is 0 Å². The van der Waals surface area contributed by atoms with E-state index in [1.54, 1.807) is 0 Å². The highest BCUT2D eigenvalue weighted by Crippen LogP contribution is 2.22. The van der Waals surface area contributed by atoms with Crippen molar-refractivity contribution < 1.29 is 9.59 Å². The molecule has 0 aliphatic carbocycles. The zero-order valence-corrected chi connectivity index (χ0v) is 14.3. The van der Waals surface area contributed by atoms with Gasteiger partial charge in [0.1, 0.15) is 5.69 Å². The van der Waals surface area contributed by atoms with Crippen LogP contribution in [0.15, 0.2) is 16.7 Å². The van der Waals surface area contributed by atoms with Gasteiger partial charge in [0.05, 0.1) is 0 Å². The summed E-state index contributed by atoms with van der Waals surface area (Å²) < 4.78 is 2.92. The predicted molar refractivity (Wildman–Crippen MR) is 85.3 cm³/mol. The molecule has 0 unspecified atom stereocenters. The van der Waals surface area contributed by atoms with Crippen molar-refractivity contribution >= 4 is 27.7 Å². The van der Waals surface area contributed by atoms with Crippen molar-refractivity contribution in [3.8, 4) is 0 Å². The van der Waals surface area contributed by atoms with E-state index in [0.29, 0.717) is 13.1 Å². The van der Waals surface area contributed by atoms with E-state index in [1.807, 2.05) is 21.7 Å². The van der Waals surface area contributed by atoms with E-state index in [9.17, 15) is 9.59 Å². The quantitative estimate of drug-likeness (QED) is 0.905. The average Bonchev–Trinajstić information content (AvgIpc) is 2.80. The molecular formula is C15H22BrN3O2. The van der Waals surface area contributed by atoms with E-state index in [4.69, 9.17) is 0 Å². The van der Waals surface area contributed by atoms with Gasteiger partial charge in [0, 0.05) is 42.8 Å². The highest BCUT2D eigenvalue weighted by atomic mass is 79.9. The second-order valence-corrected chi connectivity index (χ2v) is 6.73. The van der Waals surface area contributed by atoms with Crippen molar-refractivity contribution in [1.29, 1.82) is 0 Å². The van der Waals surface area contributed by atoms with Gasteiger partial charge in [0.15, 0.2) is 0 Å². The van der Waals surface area contributed by atoms with Gasteiger partial charge < -0.3 is 14.8 Å². The topological polar surface area (TPSA) is 54.3 Å². The maximum atomic E-state index is 12.7. The van der Waals surface area contributed by atoms with Crippen LogP contribution in [0, 0.1) is 0 Å². The third-order valence-electron chi connectivity index (χ3n) is 3.78. The number of likely N-dealkylation sites (tertiary alicyclic amines) is 1. The van der Waals surface area contributed by atoms with E-state index in [0.717, 1.165) is 23.0 Å². The van der Waals surface area contributed by atoms with Crippen LogP contribution in [0.25, 0.3) is 0 Å². The summed E-state index contributed by atoms with van der Waals surface area (Å²) in [5.41, 5.74) is 0.717. The lowest BCUT2D eigenvalue weighted by Crippen LogP contribution is -2.46. The number of rotatable bonds is 3. The molecule has 1 aliphatic rings. The number of piperidine rings is 1. The highest BCUT2D eigenvalue weighted by Gasteiger charge is 2.26. The van der Waals surface area contributed by atoms with E-state index in [-0.39, 0.29) is 23.9 Å². The van der Waals surface area contributed by atoms with Gasteiger partial charge in [0.25, 0.3) is 5.91 Å². The van der Waals surface area contributed by atoms with Crippen molar-refractivity contribution in [2.24, 2.45) is 0 Å². The Morgan fingerprint density at radius 3 is 2.48 bits per heavy atom. The Morgan fingerprint density at radius 2 is 1.95 bits per heavy atom. The molecule has 0 saturated carbocycles. The van der Waals surface area contributed by atoms with Crippen molar-refractivity contribution in [3.63, 3.8) is 0 Å². The van der Waals surface area contributed by atoms with Gasteiger partial charge in [0.2, 0.25) is 5.91 Å². The first-order valence-electron chi connectivity index (χ1n) is 7.32. The summed E-state index contributed by atoms with van der Waals surface area (Å²) in [5.74, 6) is 0.0630.